The van der Waals surface area contributed by atoms with Gasteiger partial charge in [0.2, 0.25) is 0 Å². The van der Waals surface area contributed by atoms with Crippen LogP contribution >= 0.6 is 0 Å². The Morgan fingerprint density at radius 3 is 2.86 bits per heavy atom. The number of fused-ring (bicyclic) bond motifs is 1. The van der Waals surface area contributed by atoms with E-state index in [-0.39, 0.29) is 12.3 Å². The normalized spacial score (nSPS) is 29.9. The van der Waals surface area contributed by atoms with Crippen LogP contribution in [0.2, 0.25) is 0 Å². The van der Waals surface area contributed by atoms with Gasteiger partial charge in [0.25, 0.3) is 0 Å². The molecule has 6 nitrogen and oxygen atoms in total. The highest BCUT2D eigenvalue weighted by Gasteiger charge is 2.44. The van der Waals surface area contributed by atoms with Crippen LogP contribution in [0.5, 0.6) is 0 Å². The number of amides is 2. The number of aliphatic carboxylic acids is 1. The summed E-state index contributed by atoms with van der Waals surface area (Å²) in [6.45, 7) is 0.923. The SMILES string of the molecule is C#CCC(NC(=O)N1CCC2(O)CCCCC2C1)C(=O)O. The molecule has 2 amide bonds. The lowest BCUT2D eigenvalue weighted by Gasteiger charge is -2.47. The molecule has 2 fully saturated rings. The number of carbonyl (C=O) groups excluding carboxylic acids is 1. The van der Waals surface area contributed by atoms with Crippen molar-refractivity contribution in [2.75, 3.05) is 13.1 Å². The topological polar surface area (TPSA) is 89.9 Å². The summed E-state index contributed by atoms with van der Waals surface area (Å²) < 4.78 is 0. The lowest BCUT2D eigenvalue weighted by Crippen LogP contribution is -2.58. The van der Waals surface area contributed by atoms with Crippen LogP contribution in [0, 0.1) is 18.3 Å². The molecule has 21 heavy (non-hydrogen) atoms. The summed E-state index contributed by atoms with van der Waals surface area (Å²) in [6, 6.07) is -1.47. The minimum absolute atomic E-state index is 0.0394. The van der Waals surface area contributed by atoms with Crippen molar-refractivity contribution in [1.29, 1.82) is 0 Å². The third kappa shape index (κ3) is 3.48. The maximum Gasteiger partial charge on any atom is 0.327 e. The molecule has 1 saturated heterocycles. The fraction of sp³-hybridized carbons (Fsp3) is 0.733. The number of nitrogens with one attached hydrogen (secondary N) is 1. The number of carbonyl (C=O) groups is 2. The molecule has 1 aliphatic carbocycles. The van der Waals surface area contributed by atoms with E-state index in [1.54, 1.807) is 4.90 Å². The van der Waals surface area contributed by atoms with E-state index < -0.39 is 23.6 Å². The molecule has 0 spiro atoms. The van der Waals surface area contributed by atoms with Gasteiger partial charge in [-0.1, -0.05) is 12.8 Å². The molecule has 0 aromatic heterocycles. The van der Waals surface area contributed by atoms with Gasteiger partial charge in [0.1, 0.15) is 6.04 Å². The largest absolute Gasteiger partial charge is 0.480 e. The number of hydrogen-bond acceptors (Lipinski definition) is 3. The van der Waals surface area contributed by atoms with Gasteiger partial charge in [0.15, 0.2) is 0 Å². The molecule has 116 valence electrons. The number of terminal acetylenes is 1. The fourth-order valence-electron chi connectivity index (χ4n) is 3.31. The molecule has 0 aromatic rings. The van der Waals surface area contributed by atoms with E-state index in [4.69, 9.17) is 11.5 Å². The van der Waals surface area contributed by atoms with Crippen molar-refractivity contribution < 1.29 is 19.8 Å². The first-order valence-electron chi connectivity index (χ1n) is 7.40. The first kappa shape index (κ1) is 15.6. The predicted octanol–water partition coefficient (Wildman–Crippen LogP) is 0.799. The molecule has 3 atom stereocenters. The lowest BCUT2D eigenvalue weighted by atomic mass is 9.71. The molecule has 2 aliphatic rings. The number of carboxylic acid groups (broad SMARTS) is 1. The first-order valence-corrected chi connectivity index (χ1v) is 7.40. The van der Waals surface area contributed by atoms with E-state index in [0.29, 0.717) is 19.5 Å². The molecule has 1 aliphatic heterocycles. The lowest BCUT2D eigenvalue weighted by molar-refractivity contribution is -0.139. The Morgan fingerprint density at radius 2 is 2.19 bits per heavy atom. The third-order valence-electron chi connectivity index (χ3n) is 4.63. The van der Waals surface area contributed by atoms with E-state index in [1.807, 2.05) is 0 Å². The van der Waals surface area contributed by atoms with Gasteiger partial charge in [-0.15, -0.1) is 12.3 Å². The summed E-state index contributed by atoms with van der Waals surface area (Å²) >= 11 is 0. The van der Waals surface area contributed by atoms with E-state index in [9.17, 15) is 14.7 Å². The summed E-state index contributed by atoms with van der Waals surface area (Å²) in [6.07, 6.45) is 9.43. The summed E-state index contributed by atoms with van der Waals surface area (Å²) in [5.74, 6) is 1.21. The summed E-state index contributed by atoms with van der Waals surface area (Å²) in [4.78, 5) is 24.8. The van der Waals surface area contributed by atoms with E-state index in [1.165, 1.54) is 0 Å². The van der Waals surface area contributed by atoms with Crippen LogP contribution in [-0.4, -0.2) is 51.8 Å². The fourth-order valence-corrected chi connectivity index (χ4v) is 3.31. The average molecular weight is 294 g/mol. The van der Waals surface area contributed by atoms with E-state index in [2.05, 4.69) is 11.2 Å². The van der Waals surface area contributed by atoms with Crippen molar-refractivity contribution in [3.63, 3.8) is 0 Å². The first-order chi connectivity index (χ1) is 9.96. The smallest absolute Gasteiger partial charge is 0.327 e. The second-order valence-electron chi connectivity index (χ2n) is 5.99. The molecule has 3 N–H and O–H groups in total. The number of piperidine rings is 1. The molecule has 2 rings (SSSR count). The van der Waals surface area contributed by atoms with Gasteiger partial charge < -0.3 is 20.4 Å². The van der Waals surface area contributed by atoms with Crippen molar-refractivity contribution >= 4 is 12.0 Å². The van der Waals surface area contributed by atoms with Crippen LogP contribution in [-0.2, 0) is 4.79 Å². The van der Waals surface area contributed by atoms with Gasteiger partial charge in [0.05, 0.1) is 5.60 Å². The zero-order valence-electron chi connectivity index (χ0n) is 12.0. The summed E-state index contributed by atoms with van der Waals surface area (Å²) in [5.41, 5.74) is -0.653. The maximum absolute atomic E-state index is 12.2. The number of hydrogen-bond donors (Lipinski definition) is 3. The van der Waals surface area contributed by atoms with Crippen molar-refractivity contribution in [2.45, 2.75) is 50.2 Å². The molecule has 1 saturated carbocycles. The van der Waals surface area contributed by atoms with Crippen molar-refractivity contribution in [2.24, 2.45) is 5.92 Å². The van der Waals surface area contributed by atoms with Crippen LogP contribution in [0.25, 0.3) is 0 Å². The van der Waals surface area contributed by atoms with Gasteiger partial charge in [0, 0.05) is 25.4 Å². The van der Waals surface area contributed by atoms with Crippen LogP contribution in [0.15, 0.2) is 0 Å². The minimum Gasteiger partial charge on any atom is -0.480 e. The van der Waals surface area contributed by atoms with Crippen LogP contribution < -0.4 is 5.32 Å². The van der Waals surface area contributed by atoms with Crippen molar-refractivity contribution in [3.05, 3.63) is 0 Å². The molecular weight excluding hydrogens is 272 g/mol. The van der Waals surface area contributed by atoms with Crippen LogP contribution in [0.3, 0.4) is 0 Å². The molecule has 3 unspecified atom stereocenters. The summed E-state index contributed by atoms with van der Waals surface area (Å²) in [5, 5.41) is 22.0. The second kappa shape index (κ2) is 6.35. The number of likely N-dealkylation sites (tertiary alicyclic amines) is 1. The molecule has 6 heteroatoms. The highest BCUT2D eigenvalue weighted by atomic mass is 16.4. The molecule has 1 heterocycles. The number of rotatable bonds is 3. The zero-order chi connectivity index (χ0) is 15.5. The Hall–Kier alpha value is -1.74. The van der Waals surface area contributed by atoms with Gasteiger partial charge in [-0.2, -0.15) is 0 Å². The zero-order valence-corrected chi connectivity index (χ0v) is 12.0. The van der Waals surface area contributed by atoms with Crippen LogP contribution in [0.1, 0.15) is 38.5 Å². The van der Waals surface area contributed by atoms with Gasteiger partial charge >= 0.3 is 12.0 Å². The van der Waals surface area contributed by atoms with E-state index in [0.717, 1.165) is 25.7 Å². The maximum atomic E-state index is 12.2. The Balaban J connectivity index is 1.95. The van der Waals surface area contributed by atoms with Gasteiger partial charge in [-0.05, 0) is 19.3 Å². The Kier molecular flexibility index (Phi) is 4.73. The third-order valence-corrected chi connectivity index (χ3v) is 4.63. The quantitative estimate of drug-likeness (QED) is 0.672. The van der Waals surface area contributed by atoms with Crippen molar-refractivity contribution in [3.8, 4) is 12.3 Å². The monoisotopic (exact) mass is 294 g/mol. The number of aliphatic hydroxyl groups is 1. The molecule has 0 radical (unpaired) electrons. The van der Waals surface area contributed by atoms with Gasteiger partial charge in [-0.3, -0.25) is 0 Å². The van der Waals surface area contributed by atoms with Crippen LogP contribution in [0.4, 0.5) is 4.79 Å². The Bertz CT molecular complexity index is 459. The molecular formula is C15H22N2O4. The standard InChI is InChI=1S/C15H22N2O4/c1-2-5-12(13(18)19)16-14(20)17-9-8-15(21)7-4-3-6-11(15)10-17/h1,11-12,21H,3-10H2,(H,16,20)(H,18,19). The Labute approximate surface area is 124 Å². The summed E-state index contributed by atoms with van der Waals surface area (Å²) in [7, 11) is 0. The molecule has 0 bridgehead atoms. The van der Waals surface area contributed by atoms with Gasteiger partial charge in [-0.25, -0.2) is 9.59 Å². The number of nitrogens with zero attached hydrogens (tertiary/aromatic N) is 1. The second-order valence-corrected chi connectivity index (χ2v) is 5.99. The highest BCUT2D eigenvalue weighted by molar-refractivity contribution is 5.82. The highest BCUT2D eigenvalue weighted by Crippen LogP contribution is 2.39. The average Bonchev–Trinajstić information content (AvgIpc) is 2.45. The number of carboxylic acids is 1. The molecule has 0 aromatic carbocycles. The van der Waals surface area contributed by atoms with E-state index >= 15 is 0 Å². The van der Waals surface area contributed by atoms with Crippen molar-refractivity contribution in [1.82, 2.24) is 10.2 Å². The predicted molar refractivity (Wildman–Crippen MR) is 76.5 cm³/mol. The minimum atomic E-state index is -1.13. The Morgan fingerprint density at radius 1 is 1.43 bits per heavy atom. The number of urea groups is 1.